The zero-order valence-electron chi connectivity index (χ0n) is 16.2. The van der Waals surface area contributed by atoms with E-state index in [0.29, 0.717) is 0 Å². The number of amides is 2. The highest BCUT2D eigenvalue weighted by molar-refractivity contribution is 6.00. The Bertz CT molecular complexity index is 1060. The fourth-order valence-corrected chi connectivity index (χ4v) is 3.00. The van der Waals surface area contributed by atoms with Crippen LogP contribution in [0.5, 0.6) is 0 Å². The van der Waals surface area contributed by atoms with Gasteiger partial charge in [0.15, 0.2) is 0 Å². The Labute approximate surface area is 168 Å². The zero-order valence-corrected chi connectivity index (χ0v) is 16.2. The van der Waals surface area contributed by atoms with Crippen LogP contribution in [0.25, 0.3) is 10.8 Å². The fourth-order valence-electron chi connectivity index (χ4n) is 3.00. The lowest BCUT2D eigenvalue weighted by atomic mass is 10.0. The number of nitrogens with zero attached hydrogens (tertiary/aromatic N) is 1. The molecule has 6 heteroatoms. The molecule has 1 atom stereocenters. The first-order valence-electron chi connectivity index (χ1n) is 9.33. The van der Waals surface area contributed by atoms with E-state index in [2.05, 4.69) is 15.8 Å². The van der Waals surface area contributed by atoms with Gasteiger partial charge in [0.1, 0.15) is 11.9 Å². The first kappa shape index (κ1) is 20.2. The van der Waals surface area contributed by atoms with Gasteiger partial charge in [-0.15, -0.1) is 0 Å². The monoisotopic (exact) mass is 391 g/mol. The summed E-state index contributed by atoms with van der Waals surface area (Å²) in [6.07, 6.45) is 1.57. The second-order valence-electron chi connectivity index (χ2n) is 6.98. The zero-order chi connectivity index (χ0) is 20.8. The van der Waals surface area contributed by atoms with Gasteiger partial charge >= 0.3 is 0 Å². The summed E-state index contributed by atoms with van der Waals surface area (Å²) in [6, 6.07) is 18.5. The third-order valence-electron chi connectivity index (χ3n) is 4.56. The predicted octanol–water partition coefficient (Wildman–Crippen LogP) is 3.88. The molecule has 0 radical (unpaired) electrons. The van der Waals surface area contributed by atoms with Gasteiger partial charge in [0.25, 0.3) is 11.8 Å². The summed E-state index contributed by atoms with van der Waals surface area (Å²) in [5.74, 6) is -1.96. The van der Waals surface area contributed by atoms with Gasteiger partial charge in [-0.25, -0.2) is 9.82 Å². The third-order valence-corrected chi connectivity index (χ3v) is 4.56. The van der Waals surface area contributed by atoms with Crippen LogP contribution >= 0.6 is 0 Å². The number of rotatable bonds is 6. The number of fused-ring (bicyclic) bond motifs is 1. The van der Waals surface area contributed by atoms with Crippen molar-refractivity contribution >= 4 is 28.8 Å². The van der Waals surface area contributed by atoms with Gasteiger partial charge in [-0.1, -0.05) is 68.4 Å². The van der Waals surface area contributed by atoms with E-state index in [1.807, 2.05) is 42.5 Å². The van der Waals surface area contributed by atoms with Crippen molar-refractivity contribution in [2.75, 3.05) is 0 Å². The van der Waals surface area contributed by atoms with Gasteiger partial charge in [0.05, 0.1) is 11.8 Å². The number of halogens is 1. The van der Waals surface area contributed by atoms with E-state index in [-0.39, 0.29) is 11.5 Å². The summed E-state index contributed by atoms with van der Waals surface area (Å²) in [6.45, 7) is 3.58. The molecule has 0 heterocycles. The smallest absolute Gasteiger partial charge is 0.262 e. The standard InChI is InChI=1S/C23H22FN3O2/c1-15(2)21(26-22(28)19-12-5-6-13-20(19)24)23(29)27-25-14-17-10-7-9-16-8-3-4-11-18(16)17/h3-15,21H,1-2H3,(H,26,28)(H,27,29). The van der Waals surface area contributed by atoms with Crippen LogP contribution in [0.2, 0.25) is 0 Å². The largest absolute Gasteiger partial charge is 0.340 e. The molecule has 2 N–H and O–H groups in total. The summed E-state index contributed by atoms with van der Waals surface area (Å²) in [7, 11) is 0. The molecular weight excluding hydrogens is 369 g/mol. The average molecular weight is 391 g/mol. The first-order valence-corrected chi connectivity index (χ1v) is 9.33. The fraction of sp³-hybridized carbons (Fsp3) is 0.174. The average Bonchev–Trinajstić information content (AvgIpc) is 2.72. The Morgan fingerprint density at radius 2 is 1.66 bits per heavy atom. The van der Waals surface area contributed by atoms with E-state index in [1.54, 1.807) is 26.1 Å². The van der Waals surface area contributed by atoms with Gasteiger partial charge in [0.2, 0.25) is 0 Å². The molecule has 1 unspecified atom stereocenters. The molecular formula is C23H22FN3O2. The molecule has 0 spiro atoms. The van der Waals surface area contributed by atoms with Gasteiger partial charge in [0, 0.05) is 5.56 Å². The summed E-state index contributed by atoms with van der Waals surface area (Å²) in [5.41, 5.74) is 3.23. The van der Waals surface area contributed by atoms with Crippen molar-refractivity contribution in [2.24, 2.45) is 11.0 Å². The molecule has 29 heavy (non-hydrogen) atoms. The lowest BCUT2D eigenvalue weighted by Gasteiger charge is -2.20. The van der Waals surface area contributed by atoms with E-state index >= 15 is 0 Å². The number of hydrogen-bond acceptors (Lipinski definition) is 3. The minimum absolute atomic E-state index is 0.106. The molecule has 0 saturated heterocycles. The van der Waals surface area contributed by atoms with E-state index in [0.717, 1.165) is 16.3 Å². The number of hydrazone groups is 1. The van der Waals surface area contributed by atoms with Crippen LogP contribution in [-0.2, 0) is 4.79 Å². The molecule has 3 aromatic rings. The minimum atomic E-state index is -0.855. The van der Waals surface area contributed by atoms with E-state index < -0.39 is 23.7 Å². The summed E-state index contributed by atoms with van der Waals surface area (Å²) >= 11 is 0. The summed E-state index contributed by atoms with van der Waals surface area (Å²) < 4.78 is 13.8. The third kappa shape index (κ3) is 4.85. The molecule has 3 aromatic carbocycles. The van der Waals surface area contributed by atoms with Crippen LogP contribution < -0.4 is 10.7 Å². The normalized spacial score (nSPS) is 12.3. The summed E-state index contributed by atoms with van der Waals surface area (Å²) in [4.78, 5) is 24.9. The number of carbonyl (C=O) groups is 2. The topological polar surface area (TPSA) is 70.6 Å². The van der Waals surface area contributed by atoms with E-state index in [9.17, 15) is 14.0 Å². The number of carbonyl (C=O) groups excluding carboxylic acids is 2. The molecule has 0 aliphatic heterocycles. The second kappa shape index (κ2) is 9.10. The SMILES string of the molecule is CC(C)C(NC(=O)c1ccccc1F)C(=O)NN=Cc1cccc2ccccc12. The van der Waals surface area contributed by atoms with Crippen LogP contribution in [0.3, 0.4) is 0 Å². The Morgan fingerprint density at radius 1 is 0.966 bits per heavy atom. The van der Waals surface area contributed by atoms with Crippen LogP contribution in [0.1, 0.15) is 29.8 Å². The lowest BCUT2D eigenvalue weighted by Crippen LogP contribution is -2.48. The Hall–Kier alpha value is -3.54. The van der Waals surface area contributed by atoms with E-state index in [1.165, 1.54) is 18.2 Å². The summed E-state index contributed by atoms with van der Waals surface area (Å²) in [5, 5.41) is 8.71. The number of benzene rings is 3. The van der Waals surface area contributed by atoms with Crippen LogP contribution in [0.15, 0.2) is 71.8 Å². The quantitative estimate of drug-likeness (QED) is 0.494. The van der Waals surface area contributed by atoms with Crippen molar-refractivity contribution in [3.8, 4) is 0 Å². The molecule has 0 bridgehead atoms. The maximum absolute atomic E-state index is 13.8. The van der Waals surface area contributed by atoms with Crippen molar-refractivity contribution in [3.63, 3.8) is 0 Å². The molecule has 148 valence electrons. The number of nitrogens with one attached hydrogen (secondary N) is 2. The van der Waals surface area contributed by atoms with Crippen LogP contribution in [0.4, 0.5) is 4.39 Å². The molecule has 0 aromatic heterocycles. The maximum atomic E-state index is 13.8. The van der Waals surface area contributed by atoms with Crippen LogP contribution in [-0.4, -0.2) is 24.1 Å². The van der Waals surface area contributed by atoms with Crippen molar-refractivity contribution < 1.29 is 14.0 Å². The number of hydrogen-bond donors (Lipinski definition) is 2. The van der Waals surface area contributed by atoms with Crippen molar-refractivity contribution in [1.82, 2.24) is 10.7 Å². The van der Waals surface area contributed by atoms with E-state index in [4.69, 9.17) is 0 Å². The Balaban J connectivity index is 1.70. The Kier molecular flexibility index (Phi) is 6.34. The maximum Gasteiger partial charge on any atom is 0.262 e. The Morgan fingerprint density at radius 3 is 2.41 bits per heavy atom. The second-order valence-corrected chi connectivity index (χ2v) is 6.98. The van der Waals surface area contributed by atoms with Gasteiger partial charge in [-0.3, -0.25) is 9.59 Å². The molecule has 2 amide bonds. The molecule has 5 nitrogen and oxygen atoms in total. The molecule has 0 aliphatic carbocycles. The van der Waals surface area contributed by atoms with Gasteiger partial charge in [-0.2, -0.15) is 5.10 Å². The molecule has 0 aliphatic rings. The minimum Gasteiger partial charge on any atom is -0.340 e. The predicted molar refractivity (Wildman–Crippen MR) is 112 cm³/mol. The highest BCUT2D eigenvalue weighted by Gasteiger charge is 2.25. The van der Waals surface area contributed by atoms with Crippen molar-refractivity contribution in [1.29, 1.82) is 0 Å². The molecule has 3 rings (SSSR count). The van der Waals surface area contributed by atoms with Gasteiger partial charge < -0.3 is 5.32 Å². The van der Waals surface area contributed by atoms with Gasteiger partial charge in [-0.05, 0) is 28.8 Å². The molecule has 0 saturated carbocycles. The van der Waals surface area contributed by atoms with Crippen molar-refractivity contribution in [2.45, 2.75) is 19.9 Å². The van der Waals surface area contributed by atoms with Crippen LogP contribution in [0, 0.1) is 11.7 Å². The highest BCUT2D eigenvalue weighted by Crippen LogP contribution is 2.16. The first-order chi connectivity index (χ1) is 14.0. The highest BCUT2D eigenvalue weighted by atomic mass is 19.1. The molecule has 0 fully saturated rings. The van der Waals surface area contributed by atoms with Crippen molar-refractivity contribution in [3.05, 3.63) is 83.7 Å². The lowest BCUT2D eigenvalue weighted by molar-refractivity contribution is -0.123.